The Hall–Kier alpha value is -2.07. The van der Waals surface area contributed by atoms with Crippen LogP contribution in [-0.2, 0) is 6.54 Å². The highest BCUT2D eigenvalue weighted by molar-refractivity contribution is 5.65. The van der Waals surface area contributed by atoms with Crippen LogP contribution in [0.1, 0.15) is 18.1 Å². The summed E-state index contributed by atoms with van der Waals surface area (Å²) in [6.45, 7) is 5.29. The van der Waals surface area contributed by atoms with Gasteiger partial charge in [0.05, 0.1) is 0 Å². The second-order valence-electron chi connectivity index (χ2n) is 4.40. The van der Waals surface area contributed by atoms with Gasteiger partial charge in [-0.2, -0.15) is 0 Å². The quantitative estimate of drug-likeness (QED) is 0.884. The third-order valence-corrected chi connectivity index (χ3v) is 3.18. The minimum atomic E-state index is 0.248. The third-order valence-electron chi connectivity index (χ3n) is 3.18. The molecule has 19 heavy (non-hydrogen) atoms. The normalized spacial score (nSPS) is 10.5. The molecule has 2 rings (SSSR count). The molecule has 0 aliphatic heterocycles. The number of aromatic hydroxyl groups is 1. The monoisotopic (exact) mass is 257 g/mol. The van der Waals surface area contributed by atoms with Gasteiger partial charge in [0, 0.05) is 36.6 Å². The van der Waals surface area contributed by atoms with Crippen molar-refractivity contribution in [2.24, 2.45) is 5.73 Å². The van der Waals surface area contributed by atoms with Gasteiger partial charge in [-0.3, -0.25) is 0 Å². The molecule has 0 bridgehead atoms. The van der Waals surface area contributed by atoms with Crippen molar-refractivity contribution >= 4 is 11.5 Å². The van der Waals surface area contributed by atoms with Gasteiger partial charge in [0.2, 0.25) is 0 Å². The summed E-state index contributed by atoms with van der Waals surface area (Å²) in [5.74, 6) is 1.11. The first kappa shape index (κ1) is 13.4. The minimum absolute atomic E-state index is 0.248. The highest BCUT2D eigenvalue weighted by Gasteiger charge is 2.14. The number of benzene rings is 1. The summed E-state index contributed by atoms with van der Waals surface area (Å²) in [5, 5.41) is 9.61. The Morgan fingerprint density at radius 3 is 2.74 bits per heavy atom. The van der Waals surface area contributed by atoms with E-state index in [2.05, 4.69) is 9.88 Å². The lowest BCUT2D eigenvalue weighted by atomic mass is 10.1. The lowest BCUT2D eigenvalue weighted by Crippen LogP contribution is -2.20. The van der Waals surface area contributed by atoms with Crippen LogP contribution < -0.4 is 10.6 Å². The van der Waals surface area contributed by atoms with Crippen LogP contribution in [0.4, 0.5) is 11.5 Å². The Kier molecular flexibility index (Phi) is 4.02. The molecule has 0 saturated carbocycles. The van der Waals surface area contributed by atoms with Crippen molar-refractivity contribution < 1.29 is 5.11 Å². The highest BCUT2D eigenvalue weighted by atomic mass is 16.3. The number of aromatic nitrogens is 1. The predicted octanol–water partition coefficient (Wildman–Crippen LogP) is 2.71. The van der Waals surface area contributed by atoms with Crippen molar-refractivity contribution in [2.45, 2.75) is 20.4 Å². The average Bonchev–Trinajstić information content (AvgIpc) is 2.40. The molecular formula is C15H19N3O. The molecule has 0 radical (unpaired) electrons. The number of phenolic OH excluding ortho intramolecular Hbond substituents is 1. The van der Waals surface area contributed by atoms with Gasteiger partial charge in [0.25, 0.3) is 0 Å². The fourth-order valence-corrected chi connectivity index (χ4v) is 2.17. The van der Waals surface area contributed by atoms with Gasteiger partial charge in [-0.25, -0.2) is 4.98 Å². The minimum Gasteiger partial charge on any atom is -0.508 e. The molecule has 0 saturated heterocycles. The maximum absolute atomic E-state index is 9.61. The summed E-state index contributed by atoms with van der Waals surface area (Å²) in [4.78, 5) is 6.50. The van der Waals surface area contributed by atoms with Crippen LogP contribution in [0.5, 0.6) is 5.75 Å². The van der Waals surface area contributed by atoms with Gasteiger partial charge < -0.3 is 15.7 Å². The lowest BCUT2D eigenvalue weighted by molar-refractivity contribution is 0.475. The lowest BCUT2D eigenvalue weighted by Gasteiger charge is -2.25. The van der Waals surface area contributed by atoms with E-state index in [4.69, 9.17) is 5.73 Å². The zero-order valence-corrected chi connectivity index (χ0v) is 11.3. The second-order valence-corrected chi connectivity index (χ2v) is 4.40. The largest absolute Gasteiger partial charge is 0.508 e. The number of hydrogen-bond donors (Lipinski definition) is 2. The van der Waals surface area contributed by atoms with Crippen LogP contribution in [0.25, 0.3) is 0 Å². The molecule has 100 valence electrons. The fraction of sp³-hybridized carbons (Fsp3) is 0.267. The summed E-state index contributed by atoms with van der Waals surface area (Å²) < 4.78 is 0. The van der Waals surface area contributed by atoms with E-state index in [0.717, 1.165) is 29.2 Å². The molecule has 4 nitrogen and oxygen atoms in total. The molecule has 0 amide bonds. The van der Waals surface area contributed by atoms with Crippen molar-refractivity contribution in [3.8, 4) is 5.75 Å². The van der Waals surface area contributed by atoms with E-state index in [1.165, 1.54) is 0 Å². The number of nitrogens with two attached hydrogens (primary N) is 1. The molecule has 2 aromatic rings. The van der Waals surface area contributed by atoms with E-state index in [-0.39, 0.29) is 5.75 Å². The molecule has 0 fully saturated rings. The fourth-order valence-electron chi connectivity index (χ4n) is 2.17. The van der Waals surface area contributed by atoms with Gasteiger partial charge in [-0.1, -0.05) is 6.07 Å². The number of rotatable bonds is 4. The number of anilines is 2. The zero-order valence-electron chi connectivity index (χ0n) is 11.3. The maximum atomic E-state index is 9.61. The van der Waals surface area contributed by atoms with Crippen molar-refractivity contribution in [2.75, 3.05) is 11.4 Å². The maximum Gasteiger partial charge on any atom is 0.137 e. The predicted molar refractivity (Wildman–Crippen MR) is 77.7 cm³/mol. The average molecular weight is 257 g/mol. The Bertz CT molecular complexity index is 569. The Labute approximate surface area is 113 Å². The van der Waals surface area contributed by atoms with E-state index in [1.54, 1.807) is 18.3 Å². The molecule has 1 aromatic heterocycles. The first-order valence-electron chi connectivity index (χ1n) is 6.38. The highest BCUT2D eigenvalue weighted by Crippen LogP contribution is 2.29. The van der Waals surface area contributed by atoms with Gasteiger partial charge in [-0.15, -0.1) is 0 Å². The van der Waals surface area contributed by atoms with Gasteiger partial charge in [0.15, 0.2) is 0 Å². The summed E-state index contributed by atoms with van der Waals surface area (Å²) in [7, 11) is 0. The molecule has 4 heteroatoms. The van der Waals surface area contributed by atoms with E-state index in [9.17, 15) is 5.11 Å². The Balaban J connectivity index is 2.51. The van der Waals surface area contributed by atoms with E-state index in [0.29, 0.717) is 6.54 Å². The number of aryl methyl sites for hydroxylation is 1. The third kappa shape index (κ3) is 2.69. The zero-order chi connectivity index (χ0) is 13.8. The molecule has 1 heterocycles. The van der Waals surface area contributed by atoms with Crippen LogP contribution in [0, 0.1) is 6.92 Å². The van der Waals surface area contributed by atoms with Crippen LogP contribution in [0.3, 0.4) is 0 Å². The Morgan fingerprint density at radius 1 is 1.32 bits per heavy atom. The summed E-state index contributed by atoms with van der Waals surface area (Å²) in [5.41, 5.74) is 8.91. The summed E-state index contributed by atoms with van der Waals surface area (Å²) >= 11 is 0. The first-order chi connectivity index (χ1) is 9.17. The van der Waals surface area contributed by atoms with Crippen molar-refractivity contribution in [3.63, 3.8) is 0 Å². The number of nitrogens with zero attached hydrogens (tertiary/aromatic N) is 2. The van der Waals surface area contributed by atoms with Crippen molar-refractivity contribution in [1.29, 1.82) is 0 Å². The van der Waals surface area contributed by atoms with Crippen molar-refractivity contribution in [3.05, 3.63) is 47.7 Å². The van der Waals surface area contributed by atoms with Gasteiger partial charge in [-0.05, 0) is 37.6 Å². The number of phenols is 1. The molecule has 0 atom stereocenters. The van der Waals surface area contributed by atoms with E-state index < -0.39 is 0 Å². The van der Waals surface area contributed by atoms with Crippen LogP contribution in [0.2, 0.25) is 0 Å². The second kappa shape index (κ2) is 5.71. The van der Waals surface area contributed by atoms with Gasteiger partial charge in [0.1, 0.15) is 11.6 Å². The van der Waals surface area contributed by atoms with Crippen molar-refractivity contribution in [1.82, 2.24) is 4.98 Å². The van der Waals surface area contributed by atoms with Gasteiger partial charge >= 0.3 is 0 Å². The topological polar surface area (TPSA) is 62.4 Å². The molecular weight excluding hydrogens is 238 g/mol. The molecule has 3 N–H and O–H groups in total. The molecule has 0 aliphatic carbocycles. The van der Waals surface area contributed by atoms with Crippen LogP contribution in [-0.4, -0.2) is 16.6 Å². The first-order valence-corrected chi connectivity index (χ1v) is 6.38. The molecule has 1 aromatic carbocycles. The number of pyridine rings is 1. The molecule has 0 unspecified atom stereocenters. The molecule has 0 spiro atoms. The summed E-state index contributed by atoms with van der Waals surface area (Å²) in [6, 6.07) is 9.12. The number of hydrogen-bond acceptors (Lipinski definition) is 4. The van der Waals surface area contributed by atoms with E-state index >= 15 is 0 Å². The smallest absolute Gasteiger partial charge is 0.137 e. The Morgan fingerprint density at radius 2 is 2.11 bits per heavy atom. The SMILES string of the molecule is CCN(c1cccc(O)c1)c1nccc(C)c1CN. The molecule has 0 aliphatic rings. The van der Waals surface area contributed by atoms with Crippen LogP contribution >= 0.6 is 0 Å². The van der Waals surface area contributed by atoms with Crippen LogP contribution in [0.15, 0.2) is 36.5 Å². The van der Waals surface area contributed by atoms with E-state index in [1.807, 2.05) is 32.0 Å². The summed E-state index contributed by atoms with van der Waals surface area (Å²) in [6.07, 6.45) is 1.79. The standard InChI is InChI=1S/C15H19N3O/c1-3-18(12-5-4-6-13(19)9-12)15-14(10-16)11(2)7-8-17-15/h4-9,19H,3,10,16H2,1-2H3.